The summed E-state index contributed by atoms with van der Waals surface area (Å²) in [6.45, 7) is 6.76. The SMILES string of the molecule is O=N/C(=N\O)C1=NCCN1.O=NC(=NO)C1=NCCN1.O=NN=O.O=[N+]([O-])N=C(NO)C1=NCCN1.O=[N+]([O-])N=C(N[O-])C1=NCCN1.O=[N+]([O-])NC(=C1NCCN1)/[N+]([O-])=N/O.O=[N+]([O-])NC(=C1NCCN1)[N+]([O-])=NO.[H+].[H+]. The Labute approximate surface area is 419 Å². The number of hydrogen-bond donors (Lipinski definition) is 17. The molecule has 0 aromatic heterocycles. The normalized spacial score (nSPS) is 16.1. The minimum absolute atomic E-state index is 0. The van der Waals surface area contributed by atoms with Crippen molar-refractivity contribution in [1.82, 2.24) is 64.3 Å². The molecule has 0 aromatic rings. The molecule has 0 bridgehead atoms. The molecule has 17 N–H and O–H groups in total. The first-order chi connectivity index (χ1) is 36.4. The van der Waals surface area contributed by atoms with Crippen LogP contribution in [-0.4, -0.2) is 181 Å². The van der Waals surface area contributed by atoms with Crippen molar-refractivity contribution in [3.05, 3.63) is 99.0 Å². The Hall–Kier alpha value is -11.6. The van der Waals surface area contributed by atoms with Crippen LogP contribution in [0.3, 0.4) is 0 Å². The van der Waals surface area contributed by atoms with Gasteiger partial charge in [-0.15, -0.1) is 19.6 Å². The second kappa shape index (κ2) is 38.2. The summed E-state index contributed by atoms with van der Waals surface area (Å²) < 4.78 is 0. The van der Waals surface area contributed by atoms with Gasteiger partial charge in [0, 0.05) is 63.2 Å². The van der Waals surface area contributed by atoms with Crippen LogP contribution in [-0.2, 0) is 0 Å². The van der Waals surface area contributed by atoms with E-state index in [-0.39, 0.29) is 65.1 Å². The Kier molecular flexibility index (Phi) is 32.3. The van der Waals surface area contributed by atoms with Crippen molar-refractivity contribution >= 4 is 46.7 Å². The van der Waals surface area contributed by atoms with Crippen LogP contribution >= 0.6 is 0 Å². The van der Waals surface area contributed by atoms with E-state index in [9.17, 15) is 65.9 Å². The zero-order valence-electron chi connectivity index (χ0n) is 39.8. The molecular formula is C24H43N32O20+. The molecule has 52 nitrogen and oxygen atoms in total. The molecule has 76 heavy (non-hydrogen) atoms. The number of nitrogens with one attached hydrogen (secondary N) is 12. The van der Waals surface area contributed by atoms with E-state index < -0.39 is 37.6 Å². The van der Waals surface area contributed by atoms with Gasteiger partial charge in [-0.3, -0.25) is 25.2 Å². The average molecular weight is 1100 g/mol. The van der Waals surface area contributed by atoms with Gasteiger partial charge in [-0.1, -0.05) is 20.0 Å². The monoisotopic (exact) mass is 1100 g/mol. The van der Waals surface area contributed by atoms with Crippen molar-refractivity contribution in [2.45, 2.75) is 0 Å². The Bertz CT molecular complexity index is 2230. The minimum atomic E-state index is -0.956. The maximum absolute atomic E-state index is 10.8. The molecule has 0 saturated carbocycles. The highest BCUT2D eigenvalue weighted by molar-refractivity contribution is 6.42. The molecule has 2 fully saturated rings. The highest BCUT2D eigenvalue weighted by atomic mass is 16.7. The zero-order chi connectivity index (χ0) is 57.3. The maximum atomic E-state index is 10.8. The predicted octanol–water partition coefficient (Wildman–Crippen LogP) is -6.16. The molecule has 0 spiro atoms. The fourth-order valence-electron chi connectivity index (χ4n) is 4.69. The second-order valence-corrected chi connectivity index (χ2v) is 12.0. The first-order valence-electron chi connectivity index (χ1n) is 19.5. The van der Waals surface area contributed by atoms with Crippen LogP contribution in [0.25, 0.3) is 0 Å². The Balaban J connectivity index is -0.000000852. The van der Waals surface area contributed by atoms with Crippen molar-refractivity contribution < 1.29 is 58.7 Å². The molecule has 6 aliphatic rings. The van der Waals surface area contributed by atoms with E-state index >= 15 is 0 Å². The van der Waals surface area contributed by atoms with Gasteiger partial charge in [-0.2, -0.15) is 0 Å². The summed E-state index contributed by atoms with van der Waals surface area (Å²) in [5.41, 5.74) is 6.15. The Morgan fingerprint density at radius 3 is 1.04 bits per heavy atom. The molecule has 52 heteroatoms. The van der Waals surface area contributed by atoms with Crippen LogP contribution in [0.2, 0.25) is 0 Å². The molecule has 0 aliphatic carbocycles. The number of amidine groups is 8. The molecule has 0 unspecified atom stereocenters. The molecule has 0 atom stereocenters. The molecule has 6 aliphatic heterocycles. The molecule has 2 saturated heterocycles. The molecule has 0 aromatic carbocycles. The van der Waals surface area contributed by atoms with Gasteiger partial charge < -0.3 is 84.5 Å². The topological polar surface area (TPSA) is 735 Å². The van der Waals surface area contributed by atoms with E-state index in [0.29, 0.717) is 78.5 Å². The van der Waals surface area contributed by atoms with Gasteiger partial charge in [-0.25, -0.2) is 45.9 Å². The van der Waals surface area contributed by atoms with E-state index in [4.69, 9.17) is 35.9 Å². The highest BCUT2D eigenvalue weighted by Gasteiger charge is 2.26. The second-order valence-electron chi connectivity index (χ2n) is 12.0. The summed E-state index contributed by atoms with van der Waals surface area (Å²) in [7, 11) is 0. The van der Waals surface area contributed by atoms with Crippen molar-refractivity contribution in [2.75, 3.05) is 78.5 Å². The van der Waals surface area contributed by atoms with Crippen molar-refractivity contribution in [1.29, 1.82) is 0 Å². The number of hydrazone groups is 2. The van der Waals surface area contributed by atoms with Gasteiger partial charge in [0.2, 0.25) is 15.9 Å². The van der Waals surface area contributed by atoms with Crippen LogP contribution in [0.1, 0.15) is 2.85 Å². The fraction of sp³-hybridized carbons (Fsp3) is 0.500. The smallest absolute Gasteiger partial charge is 0.760 e. The van der Waals surface area contributed by atoms with Crippen molar-refractivity contribution in [3.8, 4) is 0 Å². The van der Waals surface area contributed by atoms with Gasteiger partial charge in [0.1, 0.15) is 21.1 Å². The number of hydrogen-bond acceptors (Lipinski definition) is 34. The fourth-order valence-corrected chi connectivity index (χ4v) is 4.69. The van der Waals surface area contributed by atoms with E-state index in [2.05, 4.69) is 104 Å². The molecule has 418 valence electrons. The number of aliphatic imine (C=N–C) groups is 4. The number of hydroxylamine groups is 4. The van der Waals surface area contributed by atoms with Crippen LogP contribution < -0.4 is 64.3 Å². The van der Waals surface area contributed by atoms with Crippen LogP contribution in [0.4, 0.5) is 0 Å². The average Bonchev–Trinajstić information content (AvgIpc) is 4.27. The van der Waals surface area contributed by atoms with E-state index in [1.165, 1.54) is 5.48 Å². The summed E-state index contributed by atoms with van der Waals surface area (Å²) in [6, 6.07) is 0. The van der Waals surface area contributed by atoms with Crippen molar-refractivity contribution in [3.63, 3.8) is 0 Å². The van der Waals surface area contributed by atoms with Gasteiger partial charge in [0.25, 0.3) is 17.5 Å². The molecular weight excluding hydrogens is 1060 g/mol. The van der Waals surface area contributed by atoms with Gasteiger partial charge in [-0.05, 0) is 10.4 Å². The Morgan fingerprint density at radius 2 is 0.816 bits per heavy atom. The number of nitroso groups, excluding NO2 is 4. The maximum Gasteiger partial charge on any atom is 1.00 e. The number of oxime groups is 2. The molecule has 0 radical (unpaired) electrons. The number of hydrazine groups is 2. The van der Waals surface area contributed by atoms with Gasteiger partial charge in [0.15, 0.2) is 45.0 Å². The summed E-state index contributed by atoms with van der Waals surface area (Å²) in [5.74, 6) is -1.16. The number of nitrogens with zero attached hydrogens (tertiary/aromatic N) is 20. The minimum Gasteiger partial charge on any atom is -0.760 e. The third-order valence-electron chi connectivity index (χ3n) is 7.40. The lowest BCUT2D eigenvalue weighted by molar-refractivity contribution is -0.600. The van der Waals surface area contributed by atoms with E-state index in [1.54, 1.807) is 26.9 Å². The molecule has 0 amide bonds. The van der Waals surface area contributed by atoms with E-state index in [0.717, 1.165) is 0 Å². The number of nitro groups is 4. The first kappa shape index (κ1) is 64.4. The molecule has 6 heterocycles. The summed E-state index contributed by atoms with van der Waals surface area (Å²) in [4.78, 5) is 91.2. The van der Waals surface area contributed by atoms with Crippen LogP contribution in [0, 0.1) is 75.7 Å². The quantitative estimate of drug-likeness (QED) is 0.0119. The molecule has 6 rings (SSSR count). The summed E-state index contributed by atoms with van der Waals surface area (Å²) >= 11 is 0. The van der Waals surface area contributed by atoms with Gasteiger partial charge in [0.05, 0.1) is 36.4 Å². The standard InChI is InChI=1S/2C4H8N6O4.C4H7N5O3.C4H6N5O3.2C4H6N4O2.N2O2/c2*11-8-9(12)4(7-10(13)14)3-5-1-2-6-3;2*10-8-4(7-9(11)12)3-5-1-2-6-3;2*9-7-4(8-10)3-5-1-2-6-3;3-1-2-4/h2*5-7,11H,1-2H2;10H,1-2H2,(H,5,6)(H,7,8);1-2H2,(H2-,5,6,7,8,10);2*9H,1-2H2,(H,5,6);/q;;;-1;;;/p+2/b9-8-;;;;7-4-;;. The summed E-state index contributed by atoms with van der Waals surface area (Å²) in [5, 5.41) is 154. The lowest BCUT2D eigenvalue weighted by Gasteiger charge is -2.08. The largest absolute Gasteiger partial charge is 1.00 e. The number of rotatable bonds is 13. The summed E-state index contributed by atoms with van der Waals surface area (Å²) in [6.07, 6.45) is 0. The predicted molar refractivity (Wildman–Crippen MR) is 247 cm³/mol. The lowest BCUT2D eigenvalue weighted by atomic mass is 10.5. The van der Waals surface area contributed by atoms with Crippen LogP contribution in [0.15, 0.2) is 95.2 Å². The Morgan fingerprint density at radius 1 is 0.500 bits per heavy atom. The third-order valence-corrected chi connectivity index (χ3v) is 7.40. The van der Waals surface area contributed by atoms with Crippen LogP contribution in [0.5, 0.6) is 0 Å². The highest BCUT2D eigenvalue weighted by Crippen LogP contribution is 2.02. The first-order valence-corrected chi connectivity index (χ1v) is 19.5. The van der Waals surface area contributed by atoms with E-state index in [1.807, 2.05) is 0 Å². The lowest BCUT2D eigenvalue weighted by Crippen LogP contribution is -2.36. The van der Waals surface area contributed by atoms with Gasteiger partial charge >= 0.3 is 14.5 Å². The zero-order valence-corrected chi connectivity index (χ0v) is 37.8. The van der Waals surface area contributed by atoms with Crippen molar-refractivity contribution in [2.24, 2.45) is 72.0 Å². The third kappa shape index (κ3) is 25.8.